The van der Waals surface area contributed by atoms with E-state index >= 15 is 0 Å². The van der Waals surface area contributed by atoms with Crippen LogP contribution in [-0.4, -0.2) is 35.3 Å². The summed E-state index contributed by atoms with van der Waals surface area (Å²) >= 11 is 6.01. The summed E-state index contributed by atoms with van der Waals surface area (Å²) in [5.74, 6) is 0.00440. The van der Waals surface area contributed by atoms with E-state index in [9.17, 15) is 9.18 Å². The Morgan fingerprint density at radius 3 is 2.81 bits per heavy atom. The SMILES string of the molecule is O=c1cc(N2C3CCC2COC3)[nH]c2c(Cl)ncc(F)c12. The van der Waals surface area contributed by atoms with Crippen molar-refractivity contribution in [3.05, 3.63) is 33.5 Å². The van der Waals surface area contributed by atoms with Crippen molar-refractivity contribution >= 4 is 28.3 Å². The third-order valence-electron chi connectivity index (χ3n) is 4.27. The minimum absolute atomic E-state index is 0.0423. The van der Waals surface area contributed by atoms with Gasteiger partial charge in [-0.3, -0.25) is 4.79 Å². The van der Waals surface area contributed by atoms with Crippen LogP contribution >= 0.6 is 11.6 Å². The van der Waals surface area contributed by atoms with Gasteiger partial charge in [-0.25, -0.2) is 9.37 Å². The zero-order valence-corrected chi connectivity index (χ0v) is 11.9. The highest BCUT2D eigenvalue weighted by atomic mass is 35.5. The minimum Gasteiger partial charge on any atom is -0.377 e. The molecule has 0 aliphatic carbocycles. The number of nitrogens with one attached hydrogen (secondary N) is 1. The van der Waals surface area contributed by atoms with Crippen molar-refractivity contribution in [2.24, 2.45) is 0 Å². The molecule has 2 saturated heterocycles. The number of pyridine rings is 2. The van der Waals surface area contributed by atoms with Crippen molar-refractivity contribution in [2.75, 3.05) is 18.1 Å². The Kier molecular flexibility index (Phi) is 2.90. The number of morpholine rings is 1. The summed E-state index contributed by atoms with van der Waals surface area (Å²) in [7, 11) is 0. The van der Waals surface area contributed by atoms with Gasteiger partial charge in [0.2, 0.25) is 0 Å². The van der Waals surface area contributed by atoms with Crippen LogP contribution in [-0.2, 0) is 4.74 Å². The monoisotopic (exact) mass is 309 g/mol. The first-order valence-electron chi connectivity index (χ1n) is 6.88. The summed E-state index contributed by atoms with van der Waals surface area (Å²) in [4.78, 5) is 21.3. The molecule has 2 aliphatic heterocycles. The molecule has 4 heterocycles. The number of fused-ring (bicyclic) bond motifs is 3. The normalized spacial score (nSPS) is 24.8. The molecule has 2 unspecified atom stereocenters. The molecule has 2 aliphatic rings. The van der Waals surface area contributed by atoms with E-state index in [1.807, 2.05) is 0 Å². The lowest BCUT2D eigenvalue weighted by atomic mass is 10.2. The van der Waals surface area contributed by atoms with E-state index in [0.717, 1.165) is 19.0 Å². The maximum absolute atomic E-state index is 13.8. The molecule has 5 nitrogen and oxygen atoms in total. The Morgan fingerprint density at radius 1 is 1.38 bits per heavy atom. The van der Waals surface area contributed by atoms with Crippen LogP contribution < -0.4 is 10.3 Å². The number of anilines is 1. The summed E-state index contributed by atoms with van der Waals surface area (Å²) in [6.45, 7) is 1.29. The van der Waals surface area contributed by atoms with Gasteiger partial charge in [0.05, 0.1) is 42.4 Å². The number of hydrogen-bond acceptors (Lipinski definition) is 4. The summed E-state index contributed by atoms with van der Waals surface area (Å²) < 4.78 is 19.3. The van der Waals surface area contributed by atoms with Gasteiger partial charge < -0.3 is 14.6 Å². The van der Waals surface area contributed by atoms with Crippen LogP contribution in [0, 0.1) is 5.82 Å². The summed E-state index contributed by atoms with van der Waals surface area (Å²) in [5.41, 5.74) is -0.128. The second-order valence-corrected chi connectivity index (χ2v) is 5.85. The number of halogens is 2. The number of aromatic amines is 1. The molecule has 7 heteroatoms. The first kappa shape index (κ1) is 13.0. The van der Waals surface area contributed by atoms with Crippen LogP contribution in [0.2, 0.25) is 5.15 Å². The standard InChI is InChI=1S/C14H13ClFN3O2/c15-14-13-12(9(16)4-17-14)10(20)3-11(18-13)19-7-1-2-8(19)6-21-5-7/h3-4,7-8H,1-2,5-6H2,(H,18,20). The molecule has 0 spiro atoms. The van der Waals surface area contributed by atoms with Gasteiger partial charge in [0, 0.05) is 6.07 Å². The summed E-state index contributed by atoms with van der Waals surface area (Å²) in [5, 5.41) is 0.0605. The highest BCUT2D eigenvalue weighted by Crippen LogP contribution is 2.33. The molecule has 110 valence electrons. The Hall–Kier alpha value is -1.66. The van der Waals surface area contributed by atoms with Gasteiger partial charge >= 0.3 is 0 Å². The lowest BCUT2D eigenvalue weighted by molar-refractivity contribution is 0.0902. The molecule has 2 atom stereocenters. The fourth-order valence-corrected chi connectivity index (χ4v) is 3.53. The molecular formula is C14H13ClFN3O2. The van der Waals surface area contributed by atoms with Gasteiger partial charge in [-0.2, -0.15) is 0 Å². The predicted molar refractivity (Wildman–Crippen MR) is 77.4 cm³/mol. The largest absolute Gasteiger partial charge is 0.377 e. The molecule has 2 bridgehead atoms. The van der Waals surface area contributed by atoms with Crippen molar-refractivity contribution in [3.8, 4) is 0 Å². The highest BCUT2D eigenvalue weighted by molar-refractivity contribution is 6.33. The summed E-state index contributed by atoms with van der Waals surface area (Å²) in [6.07, 6.45) is 3.03. The van der Waals surface area contributed by atoms with Gasteiger partial charge in [0.25, 0.3) is 0 Å². The van der Waals surface area contributed by atoms with Crippen LogP contribution in [0.3, 0.4) is 0 Å². The Bertz CT molecular complexity index is 763. The van der Waals surface area contributed by atoms with Gasteiger partial charge in [-0.15, -0.1) is 0 Å². The molecule has 2 aromatic heterocycles. The van der Waals surface area contributed by atoms with Crippen molar-refractivity contribution in [3.63, 3.8) is 0 Å². The molecular weight excluding hydrogens is 297 g/mol. The quantitative estimate of drug-likeness (QED) is 0.820. The predicted octanol–water partition coefficient (Wildman–Crippen LogP) is 2.08. The molecule has 2 aromatic rings. The van der Waals surface area contributed by atoms with E-state index in [0.29, 0.717) is 19.0 Å². The number of ether oxygens (including phenoxy) is 1. The Balaban J connectivity index is 1.91. The molecule has 0 radical (unpaired) electrons. The maximum Gasteiger partial charge on any atom is 0.194 e. The highest BCUT2D eigenvalue weighted by Gasteiger charge is 2.38. The van der Waals surface area contributed by atoms with E-state index in [-0.39, 0.29) is 33.6 Å². The average Bonchev–Trinajstić information content (AvgIpc) is 2.72. The van der Waals surface area contributed by atoms with E-state index in [2.05, 4.69) is 14.9 Å². The van der Waals surface area contributed by atoms with Crippen LogP contribution in [0.5, 0.6) is 0 Å². The number of H-pyrrole nitrogens is 1. The van der Waals surface area contributed by atoms with Crippen LogP contribution in [0.25, 0.3) is 10.9 Å². The topological polar surface area (TPSA) is 58.2 Å². The number of hydrogen-bond donors (Lipinski definition) is 1. The average molecular weight is 310 g/mol. The van der Waals surface area contributed by atoms with Crippen molar-refractivity contribution in [1.29, 1.82) is 0 Å². The Morgan fingerprint density at radius 2 is 2.10 bits per heavy atom. The van der Waals surface area contributed by atoms with Gasteiger partial charge in [-0.05, 0) is 12.8 Å². The minimum atomic E-state index is -0.660. The molecule has 0 aromatic carbocycles. The van der Waals surface area contributed by atoms with Gasteiger partial charge in [-0.1, -0.05) is 11.6 Å². The fraction of sp³-hybridized carbons (Fsp3) is 0.429. The van der Waals surface area contributed by atoms with E-state index < -0.39 is 5.82 Å². The smallest absolute Gasteiger partial charge is 0.194 e. The van der Waals surface area contributed by atoms with Crippen molar-refractivity contribution < 1.29 is 9.13 Å². The van der Waals surface area contributed by atoms with Crippen LogP contribution in [0.1, 0.15) is 12.8 Å². The molecule has 2 fully saturated rings. The van der Waals surface area contributed by atoms with Gasteiger partial charge in [0.1, 0.15) is 5.82 Å². The van der Waals surface area contributed by atoms with Crippen molar-refractivity contribution in [1.82, 2.24) is 9.97 Å². The zero-order chi connectivity index (χ0) is 14.6. The third kappa shape index (κ3) is 1.93. The van der Waals surface area contributed by atoms with E-state index in [1.165, 1.54) is 6.07 Å². The number of nitrogens with zero attached hydrogens (tertiary/aromatic N) is 2. The molecule has 4 rings (SSSR count). The molecule has 21 heavy (non-hydrogen) atoms. The molecule has 0 saturated carbocycles. The second-order valence-electron chi connectivity index (χ2n) is 5.50. The maximum atomic E-state index is 13.8. The third-order valence-corrected chi connectivity index (χ3v) is 4.56. The molecule has 0 amide bonds. The first-order chi connectivity index (χ1) is 10.1. The lowest BCUT2D eigenvalue weighted by Crippen LogP contribution is -2.46. The van der Waals surface area contributed by atoms with Crippen LogP contribution in [0.15, 0.2) is 17.1 Å². The van der Waals surface area contributed by atoms with Crippen molar-refractivity contribution in [2.45, 2.75) is 24.9 Å². The van der Waals surface area contributed by atoms with E-state index in [1.54, 1.807) is 0 Å². The summed E-state index contributed by atoms with van der Waals surface area (Å²) in [6, 6.07) is 1.94. The van der Waals surface area contributed by atoms with Gasteiger partial charge in [0.15, 0.2) is 16.4 Å². The fourth-order valence-electron chi connectivity index (χ4n) is 3.34. The second kappa shape index (κ2) is 4.68. The van der Waals surface area contributed by atoms with E-state index in [4.69, 9.17) is 16.3 Å². The lowest BCUT2D eigenvalue weighted by Gasteiger charge is -2.36. The first-order valence-corrected chi connectivity index (χ1v) is 7.26. The van der Waals surface area contributed by atoms with Crippen LogP contribution in [0.4, 0.5) is 10.2 Å². The Labute approximate surface area is 124 Å². The molecule has 1 N–H and O–H groups in total. The number of aromatic nitrogens is 2. The zero-order valence-electron chi connectivity index (χ0n) is 11.1. The number of rotatable bonds is 1.